The van der Waals surface area contributed by atoms with Gasteiger partial charge < -0.3 is 10.6 Å². The summed E-state index contributed by atoms with van der Waals surface area (Å²) in [6.07, 6.45) is 0.437. The minimum atomic E-state index is -0.976. The first kappa shape index (κ1) is 17.4. The van der Waals surface area contributed by atoms with E-state index in [4.69, 9.17) is 0 Å². The monoisotopic (exact) mass is 398 g/mol. The predicted octanol–water partition coefficient (Wildman–Crippen LogP) is 3.43. The van der Waals surface area contributed by atoms with Crippen LogP contribution in [0.5, 0.6) is 0 Å². The van der Waals surface area contributed by atoms with Gasteiger partial charge in [0.15, 0.2) is 0 Å². The van der Waals surface area contributed by atoms with Gasteiger partial charge in [0.1, 0.15) is 11.2 Å². The summed E-state index contributed by atoms with van der Waals surface area (Å²) in [6.45, 7) is 3.58. The van der Waals surface area contributed by atoms with E-state index in [0.717, 1.165) is 21.2 Å². The molecular weight excluding hydrogens is 380 g/mol. The van der Waals surface area contributed by atoms with Crippen LogP contribution in [0.15, 0.2) is 64.8 Å². The molecule has 1 aliphatic rings. The molecule has 1 atom stereocenters. The Morgan fingerprint density at radius 2 is 1.68 bits per heavy atom. The Morgan fingerprint density at radius 1 is 1.04 bits per heavy atom. The number of rotatable bonds is 3. The van der Waals surface area contributed by atoms with Crippen LogP contribution in [0.4, 0.5) is 0 Å². The molecule has 1 saturated heterocycles. The lowest BCUT2D eigenvalue weighted by Gasteiger charge is -2.35. The average molecular weight is 399 g/mol. The van der Waals surface area contributed by atoms with Gasteiger partial charge in [0.2, 0.25) is 5.91 Å². The molecule has 2 aromatic carbocycles. The first-order valence-corrected chi connectivity index (χ1v) is 8.84. The molecular formula is C20H19BrN2O2. The Labute approximate surface area is 155 Å². The highest BCUT2D eigenvalue weighted by atomic mass is 79.9. The number of piperazine rings is 1. The Balaban J connectivity index is 1.90. The molecule has 0 saturated carbocycles. The smallest absolute Gasteiger partial charge is 0.268 e. The van der Waals surface area contributed by atoms with Crippen molar-refractivity contribution in [1.82, 2.24) is 10.6 Å². The van der Waals surface area contributed by atoms with Crippen molar-refractivity contribution in [2.75, 3.05) is 0 Å². The summed E-state index contributed by atoms with van der Waals surface area (Å²) in [7, 11) is 0. The van der Waals surface area contributed by atoms with Crippen molar-refractivity contribution in [1.29, 1.82) is 0 Å². The van der Waals surface area contributed by atoms with Crippen LogP contribution in [-0.4, -0.2) is 17.4 Å². The van der Waals surface area contributed by atoms with Gasteiger partial charge in [-0.3, -0.25) is 9.59 Å². The van der Waals surface area contributed by atoms with Crippen molar-refractivity contribution >= 4 is 33.3 Å². The highest BCUT2D eigenvalue weighted by molar-refractivity contribution is 9.10. The lowest BCUT2D eigenvalue weighted by atomic mass is 9.89. The Bertz CT molecular complexity index is 861. The maximum Gasteiger partial charge on any atom is 0.268 e. The molecule has 0 bridgehead atoms. The van der Waals surface area contributed by atoms with E-state index in [9.17, 15) is 9.59 Å². The standard InChI is InChI=1S/C20H19BrN2O2/c1-13(15-10-6-7-11-16(15)21)17-18(24)23-20(2,19(25)22-17)12-14-8-4-3-5-9-14/h3-11H,12H2,1-2H3,(H,22,25)(H,23,24). The fourth-order valence-corrected chi connectivity index (χ4v) is 3.55. The molecule has 5 heteroatoms. The van der Waals surface area contributed by atoms with Gasteiger partial charge in [-0.25, -0.2) is 0 Å². The van der Waals surface area contributed by atoms with Crippen LogP contribution in [0.1, 0.15) is 25.0 Å². The number of carbonyl (C=O) groups is 2. The van der Waals surface area contributed by atoms with E-state index in [1.165, 1.54) is 0 Å². The molecule has 2 amide bonds. The lowest BCUT2D eigenvalue weighted by molar-refractivity contribution is -0.135. The number of benzene rings is 2. The van der Waals surface area contributed by atoms with Crippen molar-refractivity contribution in [2.24, 2.45) is 0 Å². The highest BCUT2D eigenvalue weighted by Gasteiger charge is 2.41. The van der Waals surface area contributed by atoms with Gasteiger partial charge in [-0.1, -0.05) is 64.5 Å². The van der Waals surface area contributed by atoms with Crippen LogP contribution >= 0.6 is 15.9 Å². The third-order valence-corrected chi connectivity index (χ3v) is 5.10. The molecule has 0 spiro atoms. The molecule has 128 valence electrons. The Morgan fingerprint density at radius 3 is 2.36 bits per heavy atom. The molecule has 2 N–H and O–H groups in total. The molecule has 0 radical (unpaired) electrons. The van der Waals surface area contributed by atoms with E-state index in [0.29, 0.717) is 12.1 Å². The number of hydrogen-bond donors (Lipinski definition) is 2. The molecule has 0 aromatic heterocycles. The van der Waals surface area contributed by atoms with E-state index in [1.54, 1.807) is 6.92 Å². The summed E-state index contributed by atoms with van der Waals surface area (Å²) in [5.74, 6) is -0.483. The molecule has 1 aliphatic heterocycles. The van der Waals surface area contributed by atoms with Crippen LogP contribution in [0.2, 0.25) is 0 Å². The number of carbonyl (C=O) groups excluding carboxylic acids is 2. The normalized spacial score (nSPS) is 22.2. The first-order chi connectivity index (χ1) is 11.9. The molecule has 2 aromatic rings. The second-order valence-corrected chi connectivity index (χ2v) is 7.24. The van der Waals surface area contributed by atoms with E-state index in [2.05, 4.69) is 26.6 Å². The maximum absolute atomic E-state index is 12.7. The molecule has 25 heavy (non-hydrogen) atoms. The Kier molecular flexibility index (Phi) is 4.77. The number of nitrogens with one attached hydrogen (secondary N) is 2. The minimum absolute atomic E-state index is 0.211. The predicted molar refractivity (Wildman–Crippen MR) is 102 cm³/mol. The third kappa shape index (κ3) is 3.51. The van der Waals surface area contributed by atoms with Crippen LogP contribution in [0, 0.1) is 0 Å². The van der Waals surface area contributed by atoms with Gasteiger partial charge in [-0.15, -0.1) is 0 Å². The lowest BCUT2D eigenvalue weighted by Crippen LogP contribution is -2.64. The van der Waals surface area contributed by atoms with Crippen molar-refractivity contribution in [3.63, 3.8) is 0 Å². The van der Waals surface area contributed by atoms with Crippen LogP contribution in [0.3, 0.4) is 0 Å². The van der Waals surface area contributed by atoms with E-state index >= 15 is 0 Å². The summed E-state index contributed by atoms with van der Waals surface area (Å²) < 4.78 is 0.875. The SMILES string of the molecule is CC(=C1NC(=O)C(C)(Cc2ccccc2)NC1=O)c1ccccc1Br. The van der Waals surface area contributed by atoms with Crippen molar-refractivity contribution < 1.29 is 9.59 Å². The number of amides is 2. The summed E-state index contributed by atoms with van der Waals surface area (Å²) in [5.41, 5.74) is 1.91. The summed E-state index contributed by atoms with van der Waals surface area (Å²) in [4.78, 5) is 25.4. The molecule has 0 aliphatic carbocycles. The first-order valence-electron chi connectivity index (χ1n) is 8.04. The van der Waals surface area contributed by atoms with Gasteiger partial charge >= 0.3 is 0 Å². The molecule has 3 rings (SSSR count). The number of halogens is 1. The van der Waals surface area contributed by atoms with Crippen LogP contribution < -0.4 is 10.6 Å². The molecule has 1 heterocycles. The zero-order valence-electron chi connectivity index (χ0n) is 14.1. The Hall–Kier alpha value is -2.40. The zero-order chi connectivity index (χ0) is 18.0. The summed E-state index contributed by atoms with van der Waals surface area (Å²) >= 11 is 3.49. The van der Waals surface area contributed by atoms with Gasteiger partial charge in [-0.05, 0) is 36.6 Å². The summed E-state index contributed by atoms with van der Waals surface area (Å²) in [6, 6.07) is 17.3. The van der Waals surface area contributed by atoms with Gasteiger partial charge in [0.05, 0.1) is 0 Å². The topological polar surface area (TPSA) is 58.2 Å². The van der Waals surface area contributed by atoms with Crippen molar-refractivity contribution in [3.8, 4) is 0 Å². The fraction of sp³-hybridized carbons (Fsp3) is 0.200. The molecule has 1 unspecified atom stereocenters. The molecule has 1 fully saturated rings. The fourth-order valence-electron chi connectivity index (χ4n) is 2.97. The van der Waals surface area contributed by atoms with E-state index < -0.39 is 5.54 Å². The average Bonchev–Trinajstić information content (AvgIpc) is 2.59. The van der Waals surface area contributed by atoms with Crippen molar-refractivity contribution in [3.05, 3.63) is 75.9 Å². The van der Waals surface area contributed by atoms with E-state index in [1.807, 2.05) is 61.5 Å². The second kappa shape index (κ2) is 6.84. The van der Waals surface area contributed by atoms with Crippen molar-refractivity contribution in [2.45, 2.75) is 25.8 Å². The van der Waals surface area contributed by atoms with Crippen LogP contribution in [0.25, 0.3) is 5.57 Å². The quantitative estimate of drug-likeness (QED) is 0.778. The van der Waals surface area contributed by atoms with Gasteiger partial charge in [0, 0.05) is 10.9 Å². The highest BCUT2D eigenvalue weighted by Crippen LogP contribution is 2.28. The largest absolute Gasteiger partial charge is 0.336 e. The van der Waals surface area contributed by atoms with Gasteiger partial charge in [0.25, 0.3) is 5.91 Å². The minimum Gasteiger partial charge on any atom is -0.336 e. The zero-order valence-corrected chi connectivity index (χ0v) is 15.7. The van der Waals surface area contributed by atoms with Crippen LogP contribution in [-0.2, 0) is 16.0 Å². The summed E-state index contributed by atoms with van der Waals surface area (Å²) in [5, 5.41) is 5.70. The van der Waals surface area contributed by atoms with E-state index in [-0.39, 0.29) is 11.8 Å². The number of hydrogen-bond acceptors (Lipinski definition) is 2. The molecule has 4 nitrogen and oxygen atoms in total. The van der Waals surface area contributed by atoms with Gasteiger partial charge in [-0.2, -0.15) is 0 Å². The number of allylic oxidation sites excluding steroid dienone is 1. The second-order valence-electron chi connectivity index (χ2n) is 6.38. The maximum atomic E-state index is 12.7. The third-order valence-electron chi connectivity index (χ3n) is 4.41.